The zero-order valence-corrected chi connectivity index (χ0v) is 14.0. The van der Waals surface area contributed by atoms with E-state index in [0.717, 1.165) is 18.2 Å². The number of carbonyl (C=O) groups is 1. The molecule has 0 aromatic heterocycles. The van der Waals surface area contributed by atoms with Gasteiger partial charge in [0, 0.05) is 11.6 Å². The molecule has 1 amide bonds. The van der Waals surface area contributed by atoms with Gasteiger partial charge in [0.2, 0.25) is 10.0 Å². The van der Waals surface area contributed by atoms with Crippen LogP contribution < -0.4 is 10.2 Å². The summed E-state index contributed by atoms with van der Waals surface area (Å²) in [5.41, 5.74) is 2.31. The first-order valence-electron chi connectivity index (χ1n) is 6.76. The summed E-state index contributed by atoms with van der Waals surface area (Å²) in [6, 6.07) is 8.36. The summed E-state index contributed by atoms with van der Waals surface area (Å²) in [6.45, 7) is 1.61. The average Bonchev–Trinajstić information content (AvgIpc) is 2.53. The van der Waals surface area contributed by atoms with Gasteiger partial charge in [-0.05, 0) is 42.8 Å². The number of amides is 1. The lowest BCUT2D eigenvalue weighted by atomic mass is 10.1. The quantitative estimate of drug-likeness (QED) is 0.555. The number of carbonyl (C=O) groups excluding carboxylic acids is 1. The Labute approximate surface area is 143 Å². The molecule has 0 spiro atoms. The summed E-state index contributed by atoms with van der Waals surface area (Å²) in [7, 11) is -3.95. The van der Waals surface area contributed by atoms with E-state index in [0.29, 0.717) is 5.56 Å². The summed E-state index contributed by atoms with van der Waals surface area (Å²) < 4.78 is 40.2. The van der Waals surface area contributed by atoms with Gasteiger partial charge >= 0.3 is 0 Å². The molecule has 0 heterocycles. The second-order valence-corrected chi connectivity index (χ2v) is 7.07. The number of hydrogen-bond donors (Lipinski definition) is 3. The van der Waals surface area contributed by atoms with Crippen molar-refractivity contribution < 1.29 is 22.8 Å². The molecular weight excluding hydrogens is 359 g/mol. The van der Waals surface area contributed by atoms with Crippen molar-refractivity contribution >= 4 is 27.5 Å². The van der Waals surface area contributed by atoms with Crippen LogP contribution in [0.4, 0.5) is 4.39 Å². The third-order valence-corrected chi connectivity index (χ3v) is 5.31. The smallest absolute Gasteiger partial charge is 0.274 e. The number of nitrogens with one attached hydrogen (secondary N) is 2. The Morgan fingerprint density at radius 3 is 2.38 bits per heavy atom. The van der Waals surface area contributed by atoms with Crippen molar-refractivity contribution in [2.75, 3.05) is 0 Å². The minimum absolute atomic E-state index is 0.218. The fraction of sp³-hybridized carbons (Fsp3) is 0.133. The molecule has 2 rings (SSSR count). The molecular formula is C15H14ClFN2O4S. The van der Waals surface area contributed by atoms with Crippen molar-refractivity contribution in [1.82, 2.24) is 10.2 Å². The van der Waals surface area contributed by atoms with Crippen LogP contribution >= 0.6 is 11.6 Å². The largest absolute Gasteiger partial charge is 0.288 e. The number of sulfonamides is 1. The highest BCUT2D eigenvalue weighted by Gasteiger charge is 2.21. The number of hydroxylamine groups is 1. The molecule has 0 aliphatic rings. The highest BCUT2D eigenvalue weighted by molar-refractivity contribution is 7.89. The van der Waals surface area contributed by atoms with Gasteiger partial charge in [-0.3, -0.25) is 10.0 Å². The molecule has 0 saturated heterocycles. The molecule has 24 heavy (non-hydrogen) atoms. The van der Waals surface area contributed by atoms with Gasteiger partial charge in [0.1, 0.15) is 10.7 Å². The number of hydrogen-bond acceptors (Lipinski definition) is 4. The van der Waals surface area contributed by atoms with Crippen LogP contribution in [0.2, 0.25) is 5.02 Å². The van der Waals surface area contributed by atoms with Crippen LogP contribution in [-0.4, -0.2) is 19.5 Å². The molecule has 9 heteroatoms. The van der Waals surface area contributed by atoms with Gasteiger partial charge in [-0.25, -0.2) is 23.0 Å². The topological polar surface area (TPSA) is 95.5 Å². The van der Waals surface area contributed by atoms with E-state index < -0.39 is 27.8 Å². The Morgan fingerprint density at radius 2 is 1.83 bits per heavy atom. The van der Waals surface area contributed by atoms with Crippen LogP contribution in [0.25, 0.3) is 0 Å². The molecule has 0 bridgehead atoms. The van der Waals surface area contributed by atoms with Crippen LogP contribution in [0.5, 0.6) is 0 Å². The van der Waals surface area contributed by atoms with Crippen LogP contribution in [0.15, 0.2) is 47.4 Å². The van der Waals surface area contributed by atoms with Gasteiger partial charge in [0.05, 0.1) is 5.02 Å². The van der Waals surface area contributed by atoms with Crippen LogP contribution in [0.3, 0.4) is 0 Å². The van der Waals surface area contributed by atoms with Gasteiger partial charge in [0.25, 0.3) is 5.91 Å². The Hall–Kier alpha value is -2.00. The summed E-state index contributed by atoms with van der Waals surface area (Å²) in [6.07, 6.45) is 0. The van der Waals surface area contributed by atoms with E-state index in [1.54, 1.807) is 19.1 Å². The zero-order chi connectivity index (χ0) is 17.9. The zero-order valence-electron chi connectivity index (χ0n) is 12.5. The van der Waals surface area contributed by atoms with Crippen molar-refractivity contribution in [3.63, 3.8) is 0 Å². The van der Waals surface area contributed by atoms with E-state index in [1.165, 1.54) is 17.6 Å². The molecule has 0 aliphatic carbocycles. The predicted octanol–water partition coefficient (Wildman–Crippen LogP) is 2.64. The minimum Gasteiger partial charge on any atom is -0.288 e. The lowest BCUT2D eigenvalue weighted by Crippen LogP contribution is -2.27. The normalized spacial score (nSPS) is 12.7. The first-order valence-corrected chi connectivity index (χ1v) is 8.62. The lowest BCUT2D eigenvalue weighted by molar-refractivity contribution is 0.0706. The number of rotatable bonds is 5. The highest BCUT2D eigenvalue weighted by atomic mass is 35.5. The van der Waals surface area contributed by atoms with E-state index in [4.69, 9.17) is 16.8 Å². The van der Waals surface area contributed by atoms with Gasteiger partial charge in [-0.2, -0.15) is 0 Å². The van der Waals surface area contributed by atoms with Gasteiger partial charge in [-0.1, -0.05) is 23.7 Å². The number of benzene rings is 2. The number of halogens is 2. The summed E-state index contributed by atoms with van der Waals surface area (Å²) >= 11 is 5.79. The Kier molecular flexibility index (Phi) is 5.55. The van der Waals surface area contributed by atoms with E-state index in [2.05, 4.69) is 4.72 Å². The van der Waals surface area contributed by atoms with Gasteiger partial charge < -0.3 is 0 Å². The van der Waals surface area contributed by atoms with E-state index in [9.17, 15) is 17.6 Å². The molecule has 6 nitrogen and oxygen atoms in total. The average molecular weight is 373 g/mol. The van der Waals surface area contributed by atoms with Crippen molar-refractivity contribution in [1.29, 1.82) is 0 Å². The molecule has 128 valence electrons. The SMILES string of the molecule is CC(NS(=O)(=O)c1ccc(F)cc1Cl)c1ccc(C(=O)NO)cc1. The maximum absolute atomic E-state index is 13.0. The van der Waals surface area contributed by atoms with Crippen molar-refractivity contribution in [2.45, 2.75) is 17.9 Å². The third-order valence-electron chi connectivity index (χ3n) is 3.29. The Balaban J connectivity index is 2.21. The Bertz CT molecular complexity index is 856. The molecule has 0 aliphatic heterocycles. The van der Waals surface area contributed by atoms with Crippen LogP contribution in [0, 0.1) is 5.82 Å². The third kappa shape index (κ3) is 4.09. The molecule has 2 aromatic carbocycles. The fourth-order valence-electron chi connectivity index (χ4n) is 2.05. The summed E-state index contributed by atoms with van der Waals surface area (Å²) in [4.78, 5) is 11.0. The van der Waals surface area contributed by atoms with Gasteiger partial charge in [0.15, 0.2) is 0 Å². The van der Waals surface area contributed by atoms with Gasteiger partial charge in [-0.15, -0.1) is 0 Å². The molecule has 0 saturated carbocycles. The van der Waals surface area contributed by atoms with E-state index in [1.807, 2.05) is 0 Å². The van der Waals surface area contributed by atoms with Crippen LogP contribution in [-0.2, 0) is 10.0 Å². The monoisotopic (exact) mass is 372 g/mol. The fourth-order valence-corrected chi connectivity index (χ4v) is 3.81. The predicted molar refractivity (Wildman–Crippen MR) is 85.8 cm³/mol. The standard InChI is InChI=1S/C15H14ClFN2O4S/c1-9(10-2-4-11(5-3-10)15(20)18-21)19-24(22,23)14-7-6-12(17)8-13(14)16/h2-9,19,21H,1H3,(H,18,20). The van der Waals surface area contributed by atoms with E-state index >= 15 is 0 Å². The first-order chi connectivity index (χ1) is 11.2. The maximum atomic E-state index is 13.0. The Morgan fingerprint density at radius 1 is 1.21 bits per heavy atom. The first kappa shape index (κ1) is 18.3. The lowest BCUT2D eigenvalue weighted by Gasteiger charge is -2.15. The van der Waals surface area contributed by atoms with Crippen LogP contribution in [0.1, 0.15) is 28.9 Å². The van der Waals surface area contributed by atoms with Crippen molar-refractivity contribution in [3.05, 3.63) is 64.4 Å². The molecule has 1 unspecified atom stereocenters. The summed E-state index contributed by atoms with van der Waals surface area (Å²) in [5, 5.41) is 8.34. The molecule has 3 N–H and O–H groups in total. The second-order valence-electron chi connectivity index (χ2n) is 4.98. The van der Waals surface area contributed by atoms with Crippen molar-refractivity contribution in [2.24, 2.45) is 0 Å². The minimum atomic E-state index is -3.95. The maximum Gasteiger partial charge on any atom is 0.274 e. The highest BCUT2D eigenvalue weighted by Crippen LogP contribution is 2.24. The second kappa shape index (κ2) is 7.27. The molecule has 0 radical (unpaired) electrons. The molecule has 2 aromatic rings. The molecule has 1 atom stereocenters. The van der Waals surface area contributed by atoms with E-state index in [-0.39, 0.29) is 15.5 Å². The van der Waals surface area contributed by atoms with Crippen molar-refractivity contribution in [3.8, 4) is 0 Å². The molecule has 0 fully saturated rings. The summed E-state index contributed by atoms with van der Waals surface area (Å²) in [5.74, 6) is -1.31.